The van der Waals surface area contributed by atoms with Gasteiger partial charge in [0.25, 0.3) is 0 Å². The maximum atomic E-state index is 5.81. The third kappa shape index (κ3) is 2.05. The first-order chi connectivity index (χ1) is 6.85. The lowest BCUT2D eigenvalue weighted by Gasteiger charge is -2.36. The van der Waals surface area contributed by atoms with Gasteiger partial charge >= 0.3 is 0 Å². The molecule has 0 atom stereocenters. The zero-order chi connectivity index (χ0) is 9.86. The lowest BCUT2D eigenvalue weighted by atomic mass is 9.90. The first-order valence-electron chi connectivity index (χ1n) is 4.80. The first kappa shape index (κ1) is 9.89. The Hall–Kier alpha value is -0.650. The Morgan fingerprint density at radius 3 is 2.93 bits per heavy atom. The number of nitrogens with zero attached hydrogens (tertiary/aromatic N) is 1. The third-order valence-electron chi connectivity index (χ3n) is 2.65. The number of aromatic nitrogens is 1. The molecule has 0 radical (unpaired) electrons. The van der Waals surface area contributed by atoms with Gasteiger partial charge in [-0.1, -0.05) is 0 Å². The van der Waals surface area contributed by atoms with Crippen molar-refractivity contribution in [1.29, 1.82) is 0 Å². The van der Waals surface area contributed by atoms with Crippen LogP contribution in [-0.4, -0.2) is 30.3 Å². The summed E-state index contributed by atoms with van der Waals surface area (Å²) in [5.74, 6) is 0. The smallest absolute Gasteiger partial charge is 0.183 e. The van der Waals surface area contributed by atoms with Crippen LogP contribution in [0.5, 0.6) is 0 Å². The van der Waals surface area contributed by atoms with E-state index in [0.29, 0.717) is 6.54 Å². The van der Waals surface area contributed by atoms with Crippen molar-refractivity contribution in [2.75, 3.05) is 25.1 Å². The van der Waals surface area contributed by atoms with E-state index in [4.69, 9.17) is 10.5 Å². The van der Waals surface area contributed by atoms with Gasteiger partial charge in [0.1, 0.15) is 0 Å². The molecule has 1 saturated heterocycles. The quantitative estimate of drug-likeness (QED) is 0.788. The van der Waals surface area contributed by atoms with E-state index in [2.05, 4.69) is 10.3 Å². The van der Waals surface area contributed by atoms with Crippen LogP contribution in [0, 0.1) is 0 Å². The minimum absolute atomic E-state index is 0.00387. The Bertz CT molecular complexity index is 270. The molecule has 14 heavy (non-hydrogen) atoms. The molecule has 0 aliphatic carbocycles. The largest absolute Gasteiger partial charge is 0.381 e. The van der Waals surface area contributed by atoms with Crippen molar-refractivity contribution in [3.05, 3.63) is 11.6 Å². The highest BCUT2D eigenvalue weighted by Gasteiger charge is 2.31. The van der Waals surface area contributed by atoms with Crippen molar-refractivity contribution in [2.45, 2.75) is 18.4 Å². The van der Waals surface area contributed by atoms with Crippen LogP contribution in [0.1, 0.15) is 12.8 Å². The molecule has 0 saturated carbocycles. The first-order valence-corrected chi connectivity index (χ1v) is 5.68. The summed E-state index contributed by atoms with van der Waals surface area (Å²) in [4.78, 5) is 4.21. The molecule has 1 aliphatic heterocycles. The Balaban J connectivity index is 2.04. The van der Waals surface area contributed by atoms with Crippen LogP contribution in [0.2, 0.25) is 0 Å². The number of hydrogen-bond acceptors (Lipinski definition) is 5. The summed E-state index contributed by atoms with van der Waals surface area (Å²) in [5, 5.41) is 6.35. The molecule has 0 aromatic carbocycles. The van der Waals surface area contributed by atoms with Crippen molar-refractivity contribution in [3.8, 4) is 0 Å². The second-order valence-electron chi connectivity index (χ2n) is 3.56. The number of thiazole rings is 1. The van der Waals surface area contributed by atoms with Crippen LogP contribution < -0.4 is 11.1 Å². The van der Waals surface area contributed by atoms with Crippen LogP contribution >= 0.6 is 11.3 Å². The van der Waals surface area contributed by atoms with Gasteiger partial charge < -0.3 is 15.8 Å². The molecule has 2 rings (SSSR count). The topological polar surface area (TPSA) is 60.2 Å². The molecule has 2 heterocycles. The second-order valence-corrected chi connectivity index (χ2v) is 4.45. The zero-order valence-corrected chi connectivity index (χ0v) is 8.85. The molecule has 1 aromatic rings. The predicted molar refractivity (Wildman–Crippen MR) is 57.6 cm³/mol. The molecule has 0 amide bonds. The molecule has 5 heteroatoms. The third-order valence-corrected chi connectivity index (χ3v) is 3.33. The van der Waals surface area contributed by atoms with E-state index in [1.165, 1.54) is 0 Å². The van der Waals surface area contributed by atoms with E-state index < -0.39 is 0 Å². The summed E-state index contributed by atoms with van der Waals surface area (Å²) in [5.41, 5.74) is 5.81. The van der Waals surface area contributed by atoms with Gasteiger partial charge in [-0.3, -0.25) is 0 Å². The van der Waals surface area contributed by atoms with Gasteiger partial charge in [0, 0.05) is 31.3 Å². The summed E-state index contributed by atoms with van der Waals surface area (Å²) < 4.78 is 5.33. The highest BCUT2D eigenvalue weighted by molar-refractivity contribution is 7.13. The molecule has 78 valence electrons. The number of nitrogens with one attached hydrogen (secondary N) is 1. The monoisotopic (exact) mass is 213 g/mol. The van der Waals surface area contributed by atoms with Crippen LogP contribution in [0.15, 0.2) is 11.6 Å². The molecule has 3 N–H and O–H groups in total. The molecule has 1 fully saturated rings. The average molecular weight is 213 g/mol. The normalized spacial score (nSPS) is 20.6. The van der Waals surface area contributed by atoms with Crippen molar-refractivity contribution < 1.29 is 4.74 Å². The van der Waals surface area contributed by atoms with Gasteiger partial charge in [0.2, 0.25) is 0 Å². The van der Waals surface area contributed by atoms with E-state index in [0.717, 1.165) is 31.2 Å². The summed E-state index contributed by atoms with van der Waals surface area (Å²) in [6, 6.07) is 0. The molecule has 4 nitrogen and oxygen atoms in total. The molecular formula is C9H15N3OS. The van der Waals surface area contributed by atoms with Crippen LogP contribution in [0.25, 0.3) is 0 Å². The van der Waals surface area contributed by atoms with Gasteiger partial charge in [-0.25, -0.2) is 4.98 Å². The van der Waals surface area contributed by atoms with Crippen LogP contribution in [0.3, 0.4) is 0 Å². The fourth-order valence-corrected chi connectivity index (χ4v) is 2.30. The molecule has 1 aliphatic rings. The van der Waals surface area contributed by atoms with Crippen LogP contribution in [-0.2, 0) is 4.74 Å². The standard InChI is InChI=1S/C9H15N3OS/c10-7-9(1-4-13-5-2-9)12-8-11-3-6-14-8/h3,6H,1-2,4-5,7,10H2,(H,11,12). The molecule has 0 bridgehead atoms. The average Bonchev–Trinajstić information content (AvgIpc) is 2.72. The van der Waals surface area contributed by atoms with E-state index in [1.54, 1.807) is 17.5 Å². The maximum absolute atomic E-state index is 5.81. The van der Waals surface area contributed by atoms with Gasteiger partial charge in [0.15, 0.2) is 5.13 Å². The highest BCUT2D eigenvalue weighted by Crippen LogP contribution is 2.25. The minimum atomic E-state index is -0.00387. The van der Waals surface area contributed by atoms with E-state index in [9.17, 15) is 0 Å². The van der Waals surface area contributed by atoms with Crippen molar-refractivity contribution in [1.82, 2.24) is 4.98 Å². The van der Waals surface area contributed by atoms with E-state index in [1.807, 2.05) is 5.38 Å². The number of nitrogens with two attached hydrogens (primary N) is 1. The highest BCUT2D eigenvalue weighted by atomic mass is 32.1. The Kier molecular flexibility index (Phi) is 3.00. The summed E-state index contributed by atoms with van der Waals surface area (Å²) in [6.07, 6.45) is 3.72. The van der Waals surface area contributed by atoms with Crippen LogP contribution in [0.4, 0.5) is 5.13 Å². The number of rotatable bonds is 3. The Labute approximate surface area is 87.5 Å². The lowest BCUT2D eigenvalue weighted by Crippen LogP contribution is -2.49. The maximum Gasteiger partial charge on any atom is 0.183 e. The fourth-order valence-electron chi connectivity index (χ4n) is 1.65. The second kappa shape index (κ2) is 4.25. The summed E-state index contributed by atoms with van der Waals surface area (Å²) in [7, 11) is 0. The molecule has 0 unspecified atom stereocenters. The van der Waals surface area contributed by atoms with Gasteiger partial charge in [-0.15, -0.1) is 11.3 Å². The SMILES string of the molecule is NCC1(Nc2nccs2)CCOCC1. The fraction of sp³-hybridized carbons (Fsp3) is 0.667. The number of hydrogen-bond donors (Lipinski definition) is 2. The van der Waals surface area contributed by atoms with Gasteiger partial charge in [0.05, 0.1) is 5.54 Å². The predicted octanol–water partition coefficient (Wildman–Crippen LogP) is 1.06. The van der Waals surface area contributed by atoms with Gasteiger partial charge in [-0.05, 0) is 12.8 Å². The van der Waals surface area contributed by atoms with E-state index in [-0.39, 0.29) is 5.54 Å². The van der Waals surface area contributed by atoms with Crippen molar-refractivity contribution >= 4 is 16.5 Å². The Morgan fingerprint density at radius 2 is 2.36 bits per heavy atom. The zero-order valence-electron chi connectivity index (χ0n) is 8.03. The van der Waals surface area contributed by atoms with Crippen molar-refractivity contribution in [3.63, 3.8) is 0 Å². The summed E-state index contributed by atoms with van der Waals surface area (Å²) in [6.45, 7) is 2.21. The van der Waals surface area contributed by atoms with Crippen molar-refractivity contribution in [2.24, 2.45) is 5.73 Å². The van der Waals surface area contributed by atoms with E-state index >= 15 is 0 Å². The summed E-state index contributed by atoms with van der Waals surface area (Å²) >= 11 is 1.61. The molecule has 0 spiro atoms. The molecule has 1 aromatic heterocycles. The Morgan fingerprint density at radius 1 is 1.57 bits per heavy atom. The lowest BCUT2D eigenvalue weighted by molar-refractivity contribution is 0.0628. The minimum Gasteiger partial charge on any atom is -0.381 e. The van der Waals surface area contributed by atoms with Gasteiger partial charge in [-0.2, -0.15) is 0 Å². The number of anilines is 1. The molecular weight excluding hydrogens is 198 g/mol. The number of ether oxygens (including phenoxy) is 1.